The van der Waals surface area contributed by atoms with Crippen molar-refractivity contribution in [3.05, 3.63) is 53.0 Å². The quantitative estimate of drug-likeness (QED) is 0.310. The highest BCUT2D eigenvalue weighted by Crippen LogP contribution is 2.31. The molecule has 0 N–H and O–H groups in total. The third-order valence-electron chi connectivity index (χ3n) is 2.73. The van der Waals surface area contributed by atoms with Crippen LogP contribution in [-0.2, 0) is 19.1 Å². The minimum atomic E-state index is -0.489. The average molecular weight is 334 g/mol. The average Bonchev–Trinajstić information content (AvgIpc) is 2.54. The second kappa shape index (κ2) is 10.7. The van der Waals surface area contributed by atoms with Crippen LogP contribution < -0.4 is 0 Å². The summed E-state index contributed by atoms with van der Waals surface area (Å²) in [7, 11) is 0. The van der Waals surface area contributed by atoms with Crippen molar-refractivity contribution in [2.24, 2.45) is 0 Å². The molecule has 0 fully saturated rings. The van der Waals surface area contributed by atoms with Crippen LogP contribution in [0.15, 0.2) is 57.9 Å². The van der Waals surface area contributed by atoms with E-state index in [4.69, 9.17) is 9.47 Å². The highest BCUT2D eigenvalue weighted by Gasteiger charge is 2.20. The smallest absolute Gasteiger partial charge is 0.335 e. The molecule has 0 heterocycles. The van der Waals surface area contributed by atoms with Crippen LogP contribution in [0.25, 0.3) is 0 Å². The molecule has 1 aromatic rings. The summed E-state index contributed by atoms with van der Waals surface area (Å²) in [6, 6.07) is 9.66. The fraction of sp³-hybridized carbons (Fsp3) is 0.333. The number of benzene rings is 1. The van der Waals surface area contributed by atoms with E-state index in [2.05, 4.69) is 0 Å². The number of allylic oxidation sites excluding steroid dienone is 2. The summed E-state index contributed by atoms with van der Waals surface area (Å²) in [5.41, 5.74) is 0.317. The van der Waals surface area contributed by atoms with Gasteiger partial charge in [-0.1, -0.05) is 42.1 Å². The van der Waals surface area contributed by atoms with E-state index in [1.807, 2.05) is 49.4 Å². The molecule has 0 saturated carbocycles. The molecule has 0 bridgehead atoms. The minimum Gasteiger partial charge on any atom is -0.466 e. The minimum absolute atomic E-state index is 0.105. The van der Waals surface area contributed by atoms with Gasteiger partial charge >= 0.3 is 11.9 Å². The van der Waals surface area contributed by atoms with Gasteiger partial charge in [-0.25, -0.2) is 4.79 Å². The van der Waals surface area contributed by atoms with E-state index in [0.29, 0.717) is 10.5 Å². The number of rotatable bonds is 8. The first-order chi connectivity index (χ1) is 11.1. The zero-order valence-corrected chi connectivity index (χ0v) is 14.5. The summed E-state index contributed by atoms with van der Waals surface area (Å²) in [6.07, 6.45) is 3.53. The molecule has 0 unspecified atom stereocenters. The molecule has 0 atom stereocenters. The number of hydrogen-bond donors (Lipinski definition) is 0. The number of carbonyl (C=O) groups excluding carboxylic acids is 2. The Morgan fingerprint density at radius 2 is 1.74 bits per heavy atom. The van der Waals surface area contributed by atoms with Crippen molar-refractivity contribution in [3.63, 3.8) is 0 Å². The van der Waals surface area contributed by atoms with Gasteiger partial charge in [-0.3, -0.25) is 4.79 Å². The first-order valence-electron chi connectivity index (χ1n) is 7.53. The van der Waals surface area contributed by atoms with Gasteiger partial charge in [-0.05, 0) is 32.9 Å². The molecule has 0 saturated heterocycles. The maximum atomic E-state index is 12.3. The van der Waals surface area contributed by atoms with E-state index in [1.165, 1.54) is 11.8 Å². The van der Waals surface area contributed by atoms with Crippen molar-refractivity contribution >= 4 is 23.7 Å². The summed E-state index contributed by atoms with van der Waals surface area (Å²) < 4.78 is 10.1. The number of carbonyl (C=O) groups is 2. The third kappa shape index (κ3) is 6.74. The molecule has 4 nitrogen and oxygen atoms in total. The van der Waals surface area contributed by atoms with Gasteiger partial charge in [0.05, 0.1) is 25.2 Å². The topological polar surface area (TPSA) is 52.6 Å². The summed E-state index contributed by atoms with van der Waals surface area (Å²) in [4.78, 5) is 25.7. The zero-order chi connectivity index (χ0) is 17.1. The highest BCUT2D eigenvalue weighted by atomic mass is 32.2. The summed E-state index contributed by atoms with van der Waals surface area (Å²) in [6.45, 7) is 5.86. The molecule has 1 aromatic carbocycles. The van der Waals surface area contributed by atoms with Gasteiger partial charge in [0.2, 0.25) is 0 Å². The van der Waals surface area contributed by atoms with Crippen LogP contribution in [-0.4, -0.2) is 25.2 Å². The number of thioether (sulfide) groups is 1. The largest absolute Gasteiger partial charge is 0.466 e. The fourth-order valence-electron chi connectivity index (χ4n) is 1.80. The molecule has 5 heteroatoms. The molecule has 0 aliphatic carbocycles. The van der Waals surface area contributed by atoms with Crippen LogP contribution in [0.3, 0.4) is 0 Å². The van der Waals surface area contributed by atoms with E-state index in [1.54, 1.807) is 13.8 Å². The lowest BCUT2D eigenvalue weighted by atomic mass is 10.1. The predicted octanol–water partition coefficient (Wildman–Crippen LogP) is 4.13. The van der Waals surface area contributed by atoms with Crippen LogP contribution >= 0.6 is 11.8 Å². The Labute approximate surface area is 141 Å². The van der Waals surface area contributed by atoms with Crippen molar-refractivity contribution in [1.82, 2.24) is 0 Å². The van der Waals surface area contributed by atoms with E-state index >= 15 is 0 Å². The number of ether oxygens (including phenoxy) is 2. The second-order valence-electron chi connectivity index (χ2n) is 4.46. The van der Waals surface area contributed by atoms with Crippen molar-refractivity contribution < 1.29 is 19.1 Å². The molecule has 124 valence electrons. The number of esters is 2. The van der Waals surface area contributed by atoms with E-state index in [9.17, 15) is 9.59 Å². The Morgan fingerprint density at radius 1 is 1.09 bits per heavy atom. The van der Waals surface area contributed by atoms with Crippen LogP contribution in [0.1, 0.15) is 27.2 Å². The maximum absolute atomic E-state index is 12.3. The van der Waals surface area contributed by atoms with Crippen molar-refractivity contribution in [2.75, 3.05) is 13.2 Å². The summed E-state index contributed by atoms with van der Waals surface area (Å²) in [5.74, 6) is -0.927. The van der Waals surface area contributed by atoms with Crippen molar-refractivity contribution in [3.8, 4) is 0 Å². The Bertz CT molecular complexity index is 576. The second-order valence-corrected chi connectivity index (χ2v) is 5.58. The fourth-order valence-corrected chi connectivity index (χ4v) is 2.83. The van der Waals surface area contributed by atoms with Gasteiger partial charge in [0, 0.05) is 9.80 Å². The number of hydrogen-bond acceptors (Lipinski definition) is 5. The van der Waals surface area contributed by atoms with Gasteiger partial charge in [0.1, 0.15) is 0 Å². The van der Waals surface area contributed by atoms with Crippen molar-refractivity contribution in [1.29, 1.82) is 0 Å². The molecule has 0 aliphatic heterocycles. The van der Waals surface area contributed by atoms with Gasteiger partial charge in [0.15, 0.2) is 0 Å². The molecular formula is C18H22O4S. The van der Waals surface area contributed by atoms with Crippen LogP contribution in [0.5, 0.6) is 0 Å². The highest BCUT2D eigenvalue weighted by molar-refractivity contribution is 8.03. The molecule has 0 amide bonds. The lowest BCUT2D eigenvalue weighted by Crippen LogP contribution is -2.15. The van der Waals surface area contributed by atoms with E-state index in [0.717, 1.165) is 4.90 Å². The summed E-state index contributed by atoms with van der Waals surface area (Å²) in [5, 5.41) is 0. The normalized spacial score (nSPS) is 12.0. The first kappa shape index (κ1) is 19.0. The lowest BCUT2D eigenvalue weighted by molar-refractivity contribution is -0.145. The van der Waals surface area contributed by atoms with Gasteiger partial charge in [0.25, 0.3) is 0 Å². The molecule has 0 aliphatic rings. The van der Waals surface area contributed by atoms with Crippen molar-refractivity contribution in [2.45, 2.75) is 32.1 Å². The molecule has 1 rings (SSSR count). The van der Waals surface area contributed by atoms with Crippen LogP contribution in [0, 0.1) is 0 Å². The predicted molar refractivity (Wildman–Crippen MR) is 92.0 cm³/mol. The summed E-state index contributed by atoms with van der Waals surface area (Å²) >= 11 is 1.42. The standard InChI is InChI=1S/C18H22O4S/c1-4-10-16(23-14-11-8-7-9-12-14)15(18(20)22-6-3)13-17(19)21-5-2/h4,7-12H,5-6,13H2,1-3H3/b10-4+,16-15+. The monoisotopic (exact) mass is 334 g/mol. The van der Waals surface area contributed by atoms with Gasteiger partial charge in [-0.2, -0.15) is 0 Å². The Balaban J connectivity index is 3.17. The van der Waals surface area contributed by atoms with E-state index in [-0.39, 0.29) is 19.6 Å². The van der Waals surface area contributed by atoms with E-state index < -0.39 is 11.9 Å². The van der Waals surface area contributed by atoms with Gasteiger partial charge in [-0.15, -0.1) is 0 Å². The Hall–Kier alpha value is -2.01. The lowest BCUT2D eigenvalue weighted by Gasteiger charge is -2.11. The Kier molecular flexibility index (Phi) is 8.83. The Morgan fingerprint density at radius 3 is 2.30 bits per heavy atom. The maximum Gasteiger partial charge on any atom is 0.335 e. The zero-order valence-electron chi connectivity index (χ0n) is 13.7. The first-order valence-corrected chi connectivity index (χ1v) is 8.35. The van der Waals surface area contributed by atoms with Crippen LogP contribution in [0.2, 0.25) is 0 Å². The molecule has 0 radical (unpaired) electrons. The SMILES string of the molecule is C/C=C/C(Sc1ccccc1)=C(/CC(=O)OCC)C(=O)OCC. The van der Waals surface area contributed by atoms with Gasteiger partial charge < -0.3 is 9.47 Å². The molecular weight excluding hydrogens is 312 g/mol. The molecule has 0 spiro atoms. The van der Waals surface area contributed by atoms with Crippen LogP contribution in [0.4, 0.5) is 0 Å². The molecule has 23 heavy (non-hydrogen) atoms. The third-order valence-corrected chi connectivity index (χ3v) is 3.85. The molecule has 0 aromatic heterocycles.